The van der Waals surface area contributed by atoms with Crippen LogP contribution < -0.4 is 4.90 Å². The standard InChI is InChI=1S/C17H26ClN3/c1-13(2)16-19-12-15(14(11-18)20-16)21-9-7-17(8-10-21)5-3-4-6-17/h12-13H,3-11H2,1-2H3. The average Bonchev–Trinajstić information content (AvgIpc) is 2.95. The van der Waals surface area contributed by atoms with Crippen LogP contribution in [0.1, 0.15) is 69.8 Å². The van der Waals surface area contributed by atoms with Crippen molar-refractivity contribution < 1.29 is 0 Å². The maximum atomic E-state index is 6.13. The molecular formula is C17H26ClN3. The first kappa shape index (κ1) is 15.1. The van der Waals surface area contributed by atoms with Gasteiger partial charge in [0.2, 0.25) is 0 Å². The number of nitrogens with zero attached hydrogens (tertiary/aromatic N) is 3. The van der Waals surface area contributed by atoms with Gasteiger partial charge in [0.15, 0.2) is 0 Å². The zero-order chi connectivity index (χ0) is 14.9. The number of hydrogen-bond donors (Lipinski definition) is 0. The van der Waals surface area contributed by atoms with Crippen LogP contribution in [-0.2, 0) is 5.88 Å². The summed E-state index contributed by atoms with van der Waals surface area (Å²) < 4.78 is 0. The predicted molar refractivity (Wildman–Crippen MR) is 88.0 cm³/mol. The van der Waals surface area contributed by atoms with E-state index in [1.54, 1.807) is 0 Å². The summed E-state index contributed by atoms with van der Waals surface area (Å²) in [7, 11) is 0. The van der Waals surface area contributed by atoms with Crippen LogP contribution in [-0.4, -0.2) is 23.1 Å². The van der Waals surface area contributed by atoms with Gasteiger partial charge in [-0.05, 0) is 31.1 Å². The topological polar surface area (TPSA) is 29.0 Å². The van der Waals surface area contributed by atoms with E-state index in [0.717, 1.165) is 30.3 Å². The van der Waals surface area contributed by atoms with Crippen LogP contribution >= 0.6 is 11.6 Å². The minimum Gasteiger partial charge on any atom is -0.369 e. The Hall–Kier alpha value is -0.830. The molecule has 0 aromatic carbocycles. The van der Waals surface area contributed by atoms with Gasteiger partial charge < -0.3 is 4.90 Å². The number of anilines is 1. The molecule has 1 aliphatic carbocycles. The van der Waals surface area contributed by atoms with Gasteiger partial charge in [0, 0.05) is 19.0 Å². The molecule has 116 valence electrons. The maximum absolute atomic E-state index is 6.13. The molecule has 2 heterocycles. The van der Waals surface area contributed by atoms with Crippen LogP contribution in [0.5, 0.6) is 0 Å². The van der Waals surface area contributed by atoms with Crippen molar-refractivity contribution >= 4 is 17.3 Å². The second-order valence-corrected chi connectivity index (χ2v) is 7.31. The lowest BCUT2D eigenvalue weighted by Crippen LogP contribution is -2.39. The van der Waals surface area contributed by atoms with Crippen molar-refractivity contribution in [3.8, 4) is 0 Å². The molecule has 2 fully saturated rings. The minimum atomic E-state index is 0.351. The van der Waals surface area contributed by atoms with Gasteiger partial charge >= 0.3 is 0 Å². The Balaban J connectivity index is 1.75. The van der Waals surface area contributed by atoms with Gasteiger partial charge in [-0.1, -0.05) is 26.7 Å². The molecule has 1 aromatic heterocycles. The van der Waals surface area contributed by atoms with Crippen LogP contribution in [0.4, 0.5) is 5.69 Å². The van der Waals surface area contributed by atoms with Crippen molar-refractivity contribution in [2.45, 2.75) is 64.2 Å². The van der Waals surface area contributed by atoms with Crippen LogP contribution in [0.2, 0.25) is 0 Å². The maximum Gasteiger partial charge on any atom is 0.131 e. The number of halogens is 1. The van der Waals surface area contributed by atoms with Gasteiger partial charge in [-0.15, -0.1) is 11.6 Å². The molecule has 0 unspecified atom stereocenters. The highest BCUT2D eigenvalue weighted by Gasteiger charge is 2.37. The van der Waals surface area contributed by atoms with E-state index in [-0.39, 0.29) is 0 Å². The first-order chi connectivity index (χ1) is 10.1. The summed E-state index contributed by atoms with van der Waals surface area (Å²) >= 11 is 6.13. The normalized spacial score (nSPS) is 21.4. The van der Waals surface area contributed by atoms with E-state index in [4.69, 9.17) is 11.6 Å². The molecular weight excluding hydrogens is 282 g/mol. The highest BCUT2D eigenvalue weighted by molar-refractivity contribution is 6.17. The molecule has 0 amide bonds. The third-order valence-corrected chi connectivity index (χ3v) is 5.59. The van der Waals surface area contributed by atoms with Crippen molar-refractivity contribution in [2.75, 3.05) is 18.0 Å². The van der Waals surface area contributed by atoms with Crippen molar-refractivity contribution in [1.82, 2.24) is 9.97 Å². The van der Waals surface area contributed by atoms with E-state index in [2.05, 4.69) is 28.7 Å². The highest BCUT2D eigenvalue weighted by atomic mass is 35.5. The molecule has 2 aliphatic rings. The SMILES string of the molecule is CC(C)c1ncc(N2CCC3(CCCC3)CC2)c(CCl)n1. The van der Waals surface area contributed by atoms with Crippen molar-refractivity contribution in [2.24, 2.45) is 5.41 Å². The molecule has 0 radical (unpaired) electrons. The molecule has 4 heteroatoms. The molecule has 21 heavy (non-hydrogen) atoms. The molecule has 1 aliphatic heterocycles. The minimum absolute atomic E-state index is 0.351. The Kier molecular flexibility index (Phi) is 4.39. The van der Waals surface area contributed by atoms with E-state index in [0.29, 0.717) is 17.2 Å². The van der Waals surface area contributed by atoms with Crippen LogP contribution in [0.15, 0.2) is 6.20 Å². The van der Waals surface area contributed by atoms with Gasteiger partial charge in [0.05, 0.1) is 23.5 Å². The van der Waals surface area contributed by atoms with Gasteiger partial charge in [-0.3, -0.25) is 0 Å². The molecule has 1 saturated heterocycles. The average molecular weight is 308 g/mol. The zero-order valence-corrected chi connectivity index (χ0v) is 14.0. The molecule has 0 bridgehead atoms. The summed E-state index contributed by atoms with van der Waals surface area (Å²) in [5.74, 6) is 1.72. The van der Waals surface area contributed by atoms with Crippen molar-refractivity contribution in [3.05, 3.63) is 17.7 Å². The van der Waals surface area contributed by atoms with Gasteiger partial charge in [0.25, 0.3) is 0 Å². The van der Waals surface area contributed by atoms with Crippen molar-refractivity contribution in [3.63, 3.8) is 0 Å². The lowest BCUT2D eigenvalue weighted by Gasteiger charge is -2.40. The molecule has 3 nitrogen and oxygen atoms in total. The lowest BCUT2D eigenvalue weighted by atomic mass is 9.77. The zero-order valence-electron chi connectivity index (χ0n) is 13.2. The van der Waals surface area contributed by atoms with E-state index < -0.39 is 0 Å². The van der Waals surface area contributed by atoms with E-state index in [1.165, 1.54) is 38.5 Å². The second kappa shape index (κ2) is 6.12. The summed E-state index contributed by atoms with van der Waals surface area (Å²) in [6.45, 7) is 6.51. The number of alkyl halides is 1. The largest absolute Gasteiger partial charge is 0.369 e. The summed E-state index contributed by atoms with van der Waals surface area (Å²) in [6, 6.07) is 0. The Morgan fingerprint density at radius 3 is 2.43 bits per heavy atom. The fourth-order valence-electron chi connectivity index (χ4n) is 3.91. The molecule has 1 saturated carbocycles. The fourth-order valence-corrected chi connectivity index (χ4v) is 4.11. The number of hydrogen-bond acceptors (Lipinski definition) is 3. The Bertz CT molecular complexity index is 485. The van der Waals surface area contributed by atoms with Crippen molar-refractivity contribution in [1.29, 1.82) is 0 Å². The van der Waals surface area contributed by atoms with Crippen LogP contribution in [0.3, 0.4) is 0 Å². The van der Waals surface area contributed by atoms with E-state index >= 15 is 0 Å². The highest BCUT2D eigenvalue weighted by Crippen LogP contribution is 2.46. The predicted octanol–water partition coefficient (Wildman–Crippen LogP) is 4.50. The molecule has 3 rings (SSSR count). The third-order valence-electron chi connectivity index (χ3n) is 5.34. The van der Waals surface area contributed by atoms with Gasteiger partial charge in [-0.2, -0.15) is 0 Å². The number of piperidine rings is 1. The second-order valence-electron chi connectivity index (χ2n) is 7.04. The molecule has 1 aromatic rings. The number of rotatable bonds is 3. The summed E-state index contributed by atoms with van der Waals surface area (Å²) in [5.41, 5.74) is 2.80. The van der Waals surface area contributed by atoms with Crippen LogP contribution in [0.25, 0.3) is 0 Å². The van der Waals surface area contributed by atoms with E-state index in [9.17, 15) is 0 Å². The molecule has 1 spiro atoms. The van der Waals surface area contributed by atoms with Crippen LogP contribution in [0, 0.1) is 5.41 Å². The molecule has 0 atom stereocenters. The fraction of sp³-hybridized carbons (Fsp3) is 0.765. The summed E-state index contributed by atoms with van der Waals surface area (Å²) in [5, 5.41) is 0. The third kappa shape index (κ3) is 3.03. The first-order valence-corrected chi connectivity index (χ1v) is 8.84. The Labute approximate surface area is 133 Å². The molecule has 0 N–H and O–H groups in total. The van der Waals surface area contributed by atoms with Gasteiger partial charge in [0.1, 0.15) is 5.82 Å². The Morgan fingerprint density at radius 2 is 1.86 bits per heavy atom. The monoisotopic (exact) mass is 307 g/mol. The first-order valence-electron chi connectivity index (χ1n) is 8.30. The summed E-state index contributed by atoms with van der Waals surface area (Å²) in [6.07, 6.45) is 10.4. The van der Waals surface area contributed by atoms with Gasteiger partial charge in [-0.25, -0.2) is 9.97 Å². The quantitative estimate of drug-likeness (QED) is 0.770. The Morgan fingerprint density at radius 1 is 1.19 bits per heavy atom. The summed E-state index contributed by atoms with van der Waals surface area (Å²) in [4.78, 5) is 11.7. The smallest absolute Gasteiger partial charge is 0.131 e. The lowest BCUT2D eigenvalue weighted by molar-refractivity contribution is 0.226. The van der Waals surface area contributed by atoms with E-state index in [1.807, 2.05) is 6.20 Å². The number of aromatic nitrogens is 2.